The van der Waals surface area contributed by atoms with E-state index < -0.39 is 12.1 Å². The number of nitrogens with two attached hydrogens (primary N) is 2. The van der Waals surface area contributed by atoms with Gasteiger partial charge in [0.05, 0.1) is 49.7 Å². The molecule has 2 rings (SSSR count). The smallest absolute Gasteiger partial charge is 0.229 e. The van der Waals surface area contributed by atoms with Crippen LogP contribution in [0, 0.1) is 23.2 Å². The van der Waals surface area contributed by atoms with Gasteiger partial charge in [-0.1, -0.05) is 26.2 Å². The Morgan fingerprint density at radius 1 is 1.34 bits per heavy atom. The number of carbonyl (C=O) groups is 1. The Labute approximate surface area is 192 Å². The molecule has 2 fully saturated rings. The molecule has 10 nitrogen and oxygen atoms in total. The first-order valence-electron chi connectivity index (χ1n) is 12.1. The zero-order chi connectivity index (χ0) is 23.3. The topological polar surface area (TPSA) is 162 Å². The van der Waals surface area contributed by atoms with Crippen LogP contribution in [0.25, 0.3) is 0 Å². The molecule has 0 aromatic carbocycles. The summed E-state index contributed by atoms with van der Waals surface area (Å²) in [5.41, 5.74) is 12.3. The summed E-state index contributed by atoms with van der Waals surface area (Å²) in [6.07, 6.45) is 4.47. The van der Waals surface area contributed by atoms with E-state index in [1.165, 1.54) is 6.42 Å². The third-order valence-corrected chi connectivity index (χ3v) is 6.41. The number of nitrogens with one attached hydrogen (secondary N) is 3. The van der Waals surface area contributed by atoms with E-state index in [9.17, 15) is 4.79 Å². The summed E-state index contributed by atoms with van der Waals surface area (Å²) in [7, 11) is 0. The summed E-state index contributed by atoms with van der Waals surface area (Å²) in [5.74, 6) is -0.607. The molecule has 0 radical (unpaired) electrons. The number of carbonyl (C=O) groups excluding carboxylic acids is 1. The van der Waals surface area contributed by atoms with E-state index in [2.05, 4.69) is 33.8 Å². The van der Waals surface area contributed by atoms with Crippen molar-refractivity contribution < 1.29 is 14.6 Å². The molecule has 0 aromatic heterocycles. The number of aliphatic hydroxyl groups is 1. The lowest BCUT2D eigenvalue weighted by atomic mass is 9.93. The Kier molecular flexibility index (Phi) is 12.4. The van der Waals surface area contributed by atoms with E-state index >= 15 is 0 Å². The number of piperidine rings is 1. The molecular weight excluding hydrogens is 410 g/mol. The fraction of sp³-hybridized carbons (Fsp3) is 0.909. The van der Waals surface area contributed by atoms with Crippen molar-refractivity contribution in [2.24, 2.45) is 23.3 Å². The summed E-state index contributed by atoms with van der Waals surface area (Å²) in [6, 6.07) is 2.05. The van der Waals surface area contributed by atoms with Crippen molar-refractivity contribution >= 4 is 5.91 Å². The van der Waals surface area contributed by atoms with Gasteiger partial charge in [-0.25, -0.2) is 0 Å². The Balaban J connectivity index is 2.08. The third kappa shape index (κ3) is 8.23. The fourth-order valence-electron chi connectivity index (χ4n) is 4.71. The molecule has 2 heterocycles. The van der Waals surface area contributed by atoms with Crippen LogP contribution in [-0.2, 0) is 9.53 Å². The van der Waals surface area contributed by atoms with Crippen LogP contribution in [0.15, 0.2) is 0 Å². The summed E-state index contributed by atoms with van der Waals surface area (Å²) >= 11 is 0. The van der Waals surface area contributed by atoms with E-state index in [0.29, 0.717) is 19.5 Å². The second-order valence-electron chi connectivity index (χ2n) is 8.98. The highest BCUT2D eigenvalue weighted by Crippen LogP contribution is 2.21. The van der Waals surface area contributed by atoms with Gasteiger partial charge in [-0.3, -0.25) is 9.69 Å². The summed E-state index contributed by atoms with van der Waals surface area (Å²) in [5, 5.41) is 28.1. The molecule has 2 aliphatic rings. The minimum absolute atomic E-state index is 0.0518. The van der Waals surface area contributed by atoms with Crippen molar-refractivity contribution in [3.8, 4) is 6.07 Å². The molecule has 32 heavy (non-hydrogen) atoms. The normalized spacial score (nSPS) is 27.8. The molecule has 0 spiro atoms. The van der Waals surface area contributed by atoms with Gasteiger partial charge in [-0.15, -0.1) is 0 Å². The van der Waals surface area contributed by atoms with Crippen LogP contribution in [0.4, 0.5) is 0 Å². The first-order valence-corrected chi connectivity index (χ1v) is 12.1. The molecule has 2 saturated heterocycles. The number of aliphatic hydroxyl groups excluding tert-OH is 1. The predicted octanol–water partition coefficient (Wildman–Crippen LogP) is -0.957. The van der Waals surface area contributed by atoms with Crippen molar-refractivity contribution in [1.82, 2.24) is 20.9 Å². The molecule has 5 unspecified atom stereocenters. The van der Waals surface area contributed by atoms with E-state index in [-0.39, 0.29) is 43.4 Å². The Morgan fingerprint density at radius 3 is 2.84 bits per heavy atom. The highest BCUT2D eigenvalue weighted by atomic mass is 16.5. The zero-order valence-corrected chi connectivity index (χ0v) is 19.5. The van der Waals surface area contributed by atoms with Gasteiger partial charge in [0.15, 0.2) is 0 Å². The molecule has 10 heteroatoms. The van der Waals surface area contributed by atoms with E-state index in [1.807, 2.05) is 0 Å². The van der Waals surface area contributed by atoms with E-state index in [4.69, 9.17) is 26.6 Å². The largest absolute Gasteiger partial charge is 0.394 e. The number of amides is 1. The molecule has 0 aliphatic carbocycles. The van der Waals surface area contributed by atoms with Crippen LogP contribution in [0.1, 0.15) is 45.4 Å². The maximum Gasteiger partial charge on any atom is 0.229 e. The monoisotopic (exact) mass is 453 g/mol. The second-order valence-corrected chi connectivity index (χ2v) is 8.98. The molecule has 184 valence electrons. The quantitative estimate of drug-likeness (QED) is 0.152. The maximum absolute atomic E-state index is 13.4. The first kappa shape index (κ1) is 26.9. The third-order valence-electron chi connectivity index (χ3n) is 6.41. The van der Waals surface area contributed by atoms with Gasteiger partial charge in [-0.2, -0.15) is 5.26 Å². The first-order chi connectivity index (χ1) is 15.5. The lowest BCUT2D eigenvalue weighted by Gasteiger charge is -2.44. The van der Waals surface area contributed by atoms with Gasteiger partial charge < -0.3 is 37.3 Å². The molecule has 2 aliphatic heterocycles. The molecule has 0 saturated carbocycles. The lowest BCUT2D eigenvalue weighted by Crippen LogP contribution is -2.67. The molecule has 0 aromatic rings. The van der Waals surface area contributed by atoms with Crippen LogP contribution in [-0.4, -0.2) is 86.3 Å². The van der Waals surface area contributed by atoms with Crippen molar-refractivity contribution in [2.75, 3.05) is 45.9 Å². The lowest BCUT2D eigenvalue weighted by molar-refractivity contribution is -0.132. The van der Waals surface area contributed by atoms with Crippen LogP contribution in [0.2, 0.25) is 0 Å². The number of nitrogens with zero attached hydrogens (tertiary/aromatic N) is 2. The van der Waals surface area contributed by atoms with Crippen molar-refractivity contribution in [3.05, 3.63) is 0 Å². The summed E-state index contributed by atoms with van der Waals surface area (Å²) in [4.78, 5) is 15.6. The average Bonchev–Trinajstić information content (AvgIpc) is 2.77. The Hall–Kier alpha value is -1.32. The average molecular weight is 454 g/mol. The van der Waals surface area contributed by atoms with Crippen LogP contribution in [0.5, 0.6) is 0 Å². The highest BCUT2D eigenvalue weighted by Gasteiger charge is 2.40. The number of ether oxygens (including phenoxy) is 1. The number of rotatable bonds is 13. The molecule has 0 bridgehead atoms. The molecule has 5 atom stereocenters. The molecule has 1 amide bonds. The number of nitriles is 1. The zero-order valence-electron chi connectivity index (χ0n) is 19.5. The van der Waals surface area contributed by atoms with Gasteiger partial charge in [0.1, 0.15) is 0 Å². The Bertz CT molecular complexity index is 586. The maximum atomic E-state index is 13.4. The SMILES string of the molecule is CCCCCCN1CC(CC#N)CNC1C(C(=O)NC1CNCCC1OCCO)C(N)N. The minimum Gasteiger partial charge on any atom is -0.394 e. The molecular formula is C22H43N7O3. The molecule has 8 N–H and O–H groups in total. The highest BCUT2D eigenvalue weighted by molar-refractivity contribution is 5.80. The van der Waals surface area contributed by atoms with Gasteiger partial charge >= 0.3 is 0 Å². The van der Waals surface area contributed by atoms with E-state index in [0.717, 1.165) is 45.3 Å². The van der Waals surface area contributed by atoms with Crippen LogP contribution >= 0.6 is 0 Å². The van der Waals surface area contributed by atoms with Gasteiger partial charge in [0.25, 0.3) is 0 Å². The Morgan fingerprint density at radius 2 is 2.16 bits per heavy atom. The van der Waals surface area contributed by atoms with Gasteiger partial charge in [0.2, 0.25) is 5.91 Å². The summed E-state index contributed by atoms with van der Waals surface area (Å²) in [6.45, 7) is 6.02. The number of unbranched alkanes of at least 4 members (excludes halogenated alkanes) is 3. The fourth-order valence-corrected chi connectivity index (χ4v) is 4.71. The van der Waals surface area contributed by atoms with Gasteiger partial charge in [-0.05, 0) is 31.8 Å². The van der Waals surface area contributed by atoms with Gasteiger partial charge in [0, 0.05) is 26.1 Å². The van der Waals surface area contributed by atoms with Crippen molar-refractivity contribution in [3.63, 3.8) is 0 Å². The van der Waals surface area contributed by atoms with Crippen molar-refractivity contribution in [1.29, 1.82) is 5.26 Å². The minimum atomic E-state index is -0.827. The van der Waals surface area contributed by atoms with E-state index in [1.54, 1.807) is 0 Å². The summed E-state index contributed by atoms with van der Waals surface area (Å²) < 4.78 is 5.75. The number of hydrogen-bond donors (Lipinski definition) is 6. The second kappa shape index (κ2) is 14.8. The number of hydrogen-bond acceptors (Lipinski definition) is 9. The van der Waals surface area contributed by atoms with Crippen LogP contribution < -0.4 is 27.4 Å². The predicted molar refractivity (Wildman–Crippen MR) is 123 cm³/mol. The van der Waals surface area contributed by atoms with Crippen molar-refractivity contribution in [2.45, 2.75) is 69.9 Å². The standard InChI is InChI=1S/C22H43N7O3/c1-2-3-4-5-10-29-15-16(6-8-23)13-27-21(29)19(20(24)25)22(31)28-17-14-26-9-7-18(17)32-12-11-30/h16-21,26-27,30H,2-7,9-15,24-25H2,1H3,(H,28,31). The van der Waals surface area contributed by atoms with Crippen LogP contribution in [0.3, 0.4) is 0 Å².